The highest BCUT2D eigenvalue weighted by atomic mass is 15.2. The number of benzene rings is 5. The molecule has 4 nitrogen and oxygen atoms in total. The Morgan fingerprint density at radius 1 is 0.500 bits per heavy atom. The summed E-state index contributed by atoms with van der Waals surface area (Å²) in [5, 5.41) is 2.72. The van der Waals surface area contributed by atoms with Gasteiger partial charge in [0.1, 0.15) is 6.54 Å². The standard InChI is InChI=1S/C68H95N4/c1-9-13-17-25-49-69(50-26-18-14-10-2)58-42-35-55(36-43-58)39-47-64-67(5,6)61-33-23-24-34-62(61)71(64)53-29-30-54-72-63-46-41-57-31-21-22-32-60(57)66(63)68(7,8)65(72)48-40-56-37-44-59(45-38-56)70(51-27-19-15-11-3)52-28-20-16-12-4/h21-24,31-48,65H,9-20,25-30,49-54H2,1-8H3/q+1/b48-40+. The second-order valence-electron chi connectivity index (χ2n) is 22.5. The Hall–Kier alpha value is -5.09. The molecule has 0 fully saturated rings. The molecular weight excluding hydrogens is 873 g/mol. The number of allylic oxidation sites excluding steroid dienone is 1. The molecule has 0 bridgehead atoms. The number of nitrogens with zero attached hydrogens (tertiary/aromatic N) is 4. The summed E-state index contributed by atoms with van der Waals surface area (Å²) < 4.78 is 2.64. The first kappa shape index (κ1) is 54.7. The van der Waals surface area contributed by atoms with Crippen molar-refractivity contribution in [2.45, 2.75) is 188 Å². The first-order valence-electron chi connectivity index (χ1n) is 29.2. The van der Waals surface area contributed by atoms with Crippen LogP contribution in [0.25, 0.3) is 22.9 Å². The third-order valence-electron chi connectivity index (χ3n) is 16.3. The van der Waals surface area contributed by atoms with Crippen LogP contribution in [-0.4, -0.2) is 55.6 Å². The minimum atomic E-state index is -0.0879. The summed E-state index contributed by atoms with van der Waals surface area (Å²) in [5.41, 5.74) is 12.2. The molecule has 2 aliphatic rings. The van der Waals surface area contributed by atoms with Crippen LogP contribution < -0.4 is 14.7 Å². The van der Waals surface area contributed by atoms with Crippen LogP contribution in [0.1, 0.15) is 193 Å². The van der Waals surface area contributed by atoms with Gasteiger partial charge in [0.2, 0.25) is 5.69 Å². The van der Waals surface area contributed by atoms with Crippen LogP contribution in [-0.2, 0) is 10.8 Å². The third-order valence-corrected chi connectivity index (χ3v) is 16.3. The Bertz CT molecular complexity index is 2480. The van der Waals surface area contributed by atoms with E-state index in [4.69, 9.17) is 0 Å². The van der Waals surface area contributed by atoms with Gasteiger partial charge in [0.25, 0.3) is 0 Å². The minimum absolute atomic E-state index is 0.0656. The fourth-order valence-electron chi connectivity index (χ4n) is 12.0. The van der Waals surface area contributed by atoms with E-state index in [1.54, 1.807) is 0 Å². The van der Waals surface area contributed by atoms with E-state index in [1.165, 1.54) is 164 Å². The smallest absolute Gasteiger partial charge is 0.209 e. The maximum Gasteiger partial charge on any atom is 0.209 e. The third kappa shape index (κ3) is 13.7. The molecule has 0 aromatic heterocycles. The number of hydrogen-bond donors (Lipinski definition) is 0. The predicted octanol–water partition coefficient (Wildman–Crippen LogP) is 18.5. The van der Waals surface area contributed by atoms with E-state index in [2.05, 4.69) is 208 Å². The fraction of sp³-hybridized carbons (Fsp3) is 0.515. The summed E-state index contributed by atoms with van der Waals surface area (Å²) in [6.07, 6.45) is 32.8. The number of unbranched alkanes of at least 4 members (excludes halogenated alkanes) is 13. The molecule has 0 aliphatic carbocycles. The van der Waals surface area contributed by atoms with Gasteiger partial charge in [-0.05, 0) is 110 Å². The van der Waals surface area contributed by atoms with Gasteiger partial charge in [-0.2, -0.15) is 4.58 Å². The molecule has 5 aromatic carbocycles. The lowest BCUT2D eigenvalue weighted by molar-refractivity contribution is -0.438. The maximum atomic E-state index is 2.74. The molecule has 4 heteroatoms. The van der Waals surface area contributed by atoms with Crippen molar-refractivity contribution in [3.8, 4) is 0 Å². The zero-order valence-electron chi connectivity index (χ0n) is 46.5. The minimum Gasteiger partial charge on any atom is -0.372 e. The molecule has 72 heavy (non-hydrogen) atoms. The van der Waals surface area contributed by atoms with Gasteiger partial charge in [0.15, 0.2) is 5.71 Å². The van der Waals surface area contributed by atoms with Gasteiger partial charge >= 0.3 is 0 Å². The number of rotatable bonds is 31. The van der Waals surface area contributed by atoms with Crippen molar-refractivity contribution in [3.63, 3.8) is 0 Å². The van der Waals surface area contributed by atoms with Crippen molar-refractivity contribution < 1.29 is 4.58 Å². The first-order chi connectivity index (χ1) is 35.1. The van der Waals surface area contributed by atoms with Crippen molar-refractivity contribution in [3.05, 3.63) is 144 Å². The zero-order valence-corrected chi connectivity index (χ0v) is 46.5. The highest BCUT2D eigenvalue weighted by molar-refractivity contribution is 6.05. The average molecular weight is 969 g/mol. The van der Waals surface area contributed by atoms with Gasteiger partial charge in [0, 0.05) is 79.3 Å². The lowest BCUT2D eigenvalue weighted by atomic mass is 9.78. The van der Waals surface area contributed by atoms with Crippen molar-refractivity contribution >= 4 is 51.4 Å². The summed E-state index contributed by atoms with van der Waals surface area (Å²) in [6, 6.07) is 42.1. The molecule has 2 aliphatic heterocycles. The summed E-state index contributed by atoms with van der Waals surface area (Å²) in [5.74, 6) is 0. The Balaban J connectivity index is 1.09. The molecule has 386 valence electrons. The predicted molar refractivity (Wildman–Crippen MR) is 319 cm³/mol. The number of anilines is 3. The van der Waals surface area contributed by atoms with Crippen LogP contribution in [0, 0.1) is 0 Å². The molecule has 0 amide bonds. The van der Waals surface area contributed by atoms with Gasteiger partial charge in [-0.25, -0.2) is 0 Å². The van der Waals surface area contributed by atoms with Crippen molar-refractivity contribution in [2.75, 3.05) is 54.0 Å². The zero-order chi connectivity index (χ0) is 50.8. The lowest BCUT2D eigenvalue weighted by Crippen LogP contribution is -2.40. The van der Waals surface area contributed by atoms with Gasteiger partial charge in [-0.1, -0.05) is 204 Å². The SMILES string of the molecule is CCCCCCN(CCCCCC)c1ccc(/C=C/C2=[N+](CCCCN3c4ccc5ccccc5c4C(C)(C)C3/C=C/c3ccc(N(CCCCCC)CCCCCC)cc3)c3ccccc3C2(C)C)cc1. The van der Waals surface area contributed by atoms with E-state index in [1.807, 2.05) is 0 Å². The molecule has 1 atom stereocenters. The van der Waals surface area contributed by atoms with Crippen LogP contribution in [0.2, 0.25) is 0 Å². The highest BCUT2D eigenvalue weighted by Crippen LogP contribution is 2.49. The fourth-order valence-corrected chi connectivity index (χ4v) is 12.0. The van der Waals surface area contributed by atoms with Crippen molar-refractivity contribution in [1.82, 2.24) is 0 Å². The van der Waals surface area contributed by atoms with Crippen LogP contribution in [0.3, 0.4) is 0 Å². The van der Waals surface area contributed by atoms with Gasteiger partial charge in [0.05, 0.1) is 11.5 Å². The molecule has 0 N–H and O–H groups in total. The molecule has 2 heterocycles. The van der Waals surface area contributed by atoms with E-state index in [-0.39, 0.29) is 16.9 Å². The van der Waals surface area contributed by atoms with E-state index >= 15 is 0 Å². The number of hydrogen-bond acceptors (Lipinski definition) is 3. The molecule has 1 unspecified atom stereocenters. The summed E-state index contributed by atoms with van der Waals surface area (Å²) in [7, 11) is 0. The summed E-state index contributed by atoms with van der Waals surface area (Å²) >= 11 is 0. The van der Waals surface area contributed by atoms with Crippen LogP contribution in [0.5, 0.6) is 0 Å². The van der Waals surface area contributed by atoms with Crippen molar-refractivity contribution in [1.29, 1.82) is 0 Å². The van der Waals surface area contributed by atoms with E-state index < -0.39 is 0 Å². The summed E-state index contributed by atoms with van der Waals surface area (Å²) in [6.45, 7) is 25.7. The Morgan fingerprint density at radius 3 is 1.57 bits per heavy atom. The number of fused-ring (bicyclic) bond motifs is 4. The molecule has 0 saturated carbocycles. The molecule has 7 rings (SSSR count). The molecule has 0 radical (unpaired) electrons. The second-order valence-corrected chi connectivity index (χ2v) is 22.5. The topological polar surface area (TPSA) is 12.7 Å². The summed E-state index contributed by atoms with van der Waals surface area (Å²) in [4.78, 5) is 8.04. The highest BCUT2D eigenvalue weighted by Gasteiger charge is 2.45. The van der Waals surface area contributed by atoms with Gasteiger partial charge in [-0.15, -0.1) is 0 Å². The molecule has 0 saturated heterocycles. The van der Waals surface area contributed by atoms with Gasteiger partial charge < -0.3 is 14.7 Å². The second kappa shape index (κ2) is 27.3. The molecule has 0 spiro atoms. The molecule has 5 aromatic rings. The van der Waals surface area contributed by atoms with E-state index in [0.717, 1.165) is 52.1 Å². The Labute approximate surface area is 439 Å². The van der Waals surface area contributed by atoms with Gasteiger partial charge in [-0.3, -0.25) is 0 Å². The lowest BCUT2D eigenvalue weighted by Gasteiger charge is -2.32. The Kier molecular flexibility index (Phi) is 20.7. The van der Waals surface area contributed by atoms with Crippen LogP contribution >= 0.6 is 0 Å². The van der Waals surface area contributed by atoms with Crippen LogP contribution in [0.15, 0.2) is 121 Å². The number of para-hydroxylation sites is 1. The molecular formula is C68H95N4+. The maximum absolute atomic E-state index is 2.74. The van der Waals surface area contributed by atoms with E-state index in [0.29, 0.717) is 0 Å². The normalized spacial score (nSPS) is 15.9. The first-order valence-corrected chi connectivity index (χ1v) is 29.2. The van der Waals surface area contributed by atoms with Crippen LogP contribution in [0.4, 0.5) is 22.7 Å². The largest absolute Gasteiger partial charge is 0.372 e. The van der Waals surface area contributed by atoms with Crippen molar-refractivity contribution in [2.24, 2.45) is 0 Å². The monoisotopic (exact) mass is 968 g/mol. The van der Waals surface area contributed by atoms with E-state index in [9.17, 15) is 0 Å². The Morgan fingerprint density at radius 2 is 1.01 bits per heavy atom. The average Bonchev–Trinajstić information content (AvgIpc) is 3.75. The quantitative estimate of drug-likeness (QED) is 0.0324.